The lowest BCUT2D eigenvalue weighted by Crippen LogP contribution is -2.64. The highest BCUT2D eigenvalue weighted by Gasteiger charge is 2.36. The first-order valence-corrected chi connectivity index (χ1v) is 9.16. The molecule has 1 aromatic heterocycles. The van der Waals surface area contributed by atoms with E-state index in [2.05, 4.69) is 15.2 Å². The van der Waals surface area contributed by atoms with E-state index < -0.39 is 0 Å². The molecule has 0 spiro atoms. The monoisotopic (exact) mass is 365 g/mol. The van der Waals surface area contributed by atoms with Crippen LogP contribution in [-0.4, -0.2) is 65.4 Å². The molecule has 4 rings (SSSR count). The van der Waals surface area contributed by atoms with Crippen molar-refractivity contribution in [2.24, 2.45) is 0 Å². The molecule has 1 atom stereocenters. The first-order chi connectivity index (χ1) is 13.0. The van der Waals surface area contributed by atoms with Gasteiger partial charge in [-0.3, -0.25) is 14.5 Å². The van der Waals surface area contributed by atoms with Gasteiger partial charge in [-0.1, -0.05) is 12.1 Å². The predicted molar refractivity (Wildman–Crippen MR) is 103 cm³/mol. The molecule has 2 aliphatic rings. The number of nitrogens with zero attached hydrogens (tertiary/aromatic N) is 3. The van der Waals surface area contributed by atoms with Crippen LogP contribution in [0.25, 0.3) is 11.1 Å². The van der Waals surface area contributed by atoms with Crippen LogP contribution in [0, 0.1) is 6.92 Å². The Bertz CT molecular complexity index is 898. The van der Waals surface area contributed by atoms with Crippen LogP contribution in [0.5, 0.6) is 0 Å². The van der Waals surface area contributed by atoms with Crippen molar-refractivity contribution in [2.75, 3.05) is 38.5 Å². The number of aromatic nitrogens is 1. The first-order valence-electron chi connectivity index (χ1n) is 9.16. The number of fused-ring (bicyclic) bond motifs is 1. The summed E-state index contributed by atoms with van der Waals surface area (Å²) in [6, 6.07) is 9.12. The molecule has 2 amide bonds. The summed E-state index contributed by atoms with van der Waals surface area (Å²) in [7, 11) is 0. The van der Waals surface area contributed by atoms with Gasteiger partial charge in [0.25, 0.3) is 5.91 Å². The van der Waals surface area contributed by atoms with Gasteiger partial charge in [-0.15, -0.1) is 0 Å². The summed E-state index contributed by atoms with van der Waals surface area (Å²) >= 11 is 0. The van der Waals surface area contributed by atoms with Crippen molar-refractivity contribution in [1.82, 2.24) is 20.1 Å². The van der Waals surface area contributed by atoms with Crippen LogP contribution in [0.4, 0.5) is 5.82 Å². The van der Waals surface area contributed by atoms with Gasteiger partial charge in [-0.05, 0) is 36.2 Å². The van der Waals surface area contributed by atoms with Crippen molar-refractivity contribution in [3.63, 3.8) is 0 Å². The molecule has 27 heavy (non-hydrogen) atoms. The molecule has 140 valence electrons. The smallest absolute Gasteiger partial charge is 0.253 e. The summed E-state index contributed by atoms with van der Waals surface area (Å²) < 4.78 is 0. The fraction of sp³-hybridized carbons (Fsp3) is 0.350. The fourth-order valence-electron chi connectivity index (χ4n) is 3.84. The quantitative estimate of drug-likeness (QED) is 0.825. The number of piperazine rings is 2. The number of nitrogens with two attached hydrogens (primary N) is 1. The van der Waals surface area contributed by atoms with E-state index in [0.29, 0.717) is 31.0 Å². The summed E-state index contributed by atoms with van der Waals surface area (Å²) in [6.07, 6.45) is 1.74. The molecule has 3 N–H and O–H groups in total. The third-order valence-electron chi connectivity index (χ3n) is 5.33. The Morgan fingerprint density at radius 3 is 2.93 bits per heavy atom. The Morgan fingerprint density at radius 1 is 1.26 bits per heavy atom. The lowest BCUT2D eigenvalue weighted by molar-refractivity contribution is -0.131. The molecule has 0 radical (unpaired) electrons. The number of anilines is 1. The Hall–Kier alpha value is -2.93. The van der Waals surface area contributed by atoms with Crippen molar-refractivity contribution in [1.29, 1.82) is 0 Å². The number of benzene rings is 1. The second kappa shape index (κ2) is 7.00. The Kier molecular flexibility index (Phi) is 4.53. The average molecular weight is 365 g/mol. The molecule has 0 bridgehead atoms. The number of rotatable bonds is 2. The highest BCUT2D eigenvalue weighted by Crippen LogP contribution is 2.25. The third kappa shape index (κ3) is 3.38. The third-order valence-corrected chi connectivity index (χ3v) is 5.33. The Balaban J connectivity index is 1.57. The second-order valence-corrected chi connectivity index (χ2v) is 7.10. The van der Waals surface area contributed by atoms with Crippen LogP contribution in [0.2, 0.25) is 0 Å². The molecule has 0 saturated carbocycles. The minimum atomic E-state index is -0.247. The molecule has 2 saturated heterocycles. The second-order valence-electron chi connectivity index (χ2n) is 7.10. The zero-order valence-corrected chi connectivity index (χ0v) is 15.3. The van der Waals surface area contributed by atoms with Crippen LogP contribution >= 0.6 is 0 Å². The predicted octanol–water partition coefficient (Wildman–Crippen LogP) is 0.895. The molecule has 1 unspecified atom stereocenters. The van der Waals surface area contributed by atoms with Crippen molar-refractivity contribution in [2.45, 2.75) is 13.0 Å². The number of hydrogen-bond acceptors (Lipinski definition) is 5. The average Bonchev–Trinajstić information content (AvgIpc) is 2.67. The standard InChI is InChI=1S/C20H23N5O2/c1-13-9-18(21)23-11-16(13)14-3-2-4-15(10-14)20(27)25-8-7-24-6-5-22-19(26)17(24)12-25/h2-4,9-11,17H,5-8,12H2,1H3,(H2,21,23)(H,22,26). The van der Waals surface area contributed by atoms with Gasteiger partial charge < -0.3 is 16.0 Å². The minimum Gasteiger partial charge on any atom is -0.384 e. The lowest BCUT2D eigenvalue weighted by atomic mass is 10.00. The number of amides is 2. The number of carbonyl (C=O) groups is 2. The molecule has 1 aromatic carbocycles. The van der Waals surface area contributed by atoms with Gasteiger partial charge in [0.1, 0.15) is 11.9 Å². The normalized spacial score (nSPS) is 20.1. The van der Waals surface area contributed by atoms with E-state index in [4.69, 9.17) is 5.73 Å². The lowest BCUT2D eigenvalue weighted by Gasteiger charge is -2.43. The number of pyridine rings is 1. The zero-order chi connectivity index (χ0) is 19.0. The maximum absolute atomic E-state index is 13.0. The highest BCUT2D eigenvalue weighted by atomic mass is 16.2. The zero-order valence-electron chi connectivity index (χ0n) is 15.3. The van der Waals surface area contributed by atoms with Gasteiger partial charge in [0.15, 0.2) is 0 Å². The largest absolute Gasteiger partial charge is 0.384 e. The van der Waals surface area contributed by atoms with Crippen molar-refractivity contribution in [3.8, 4) is 11.1 Å². The number of aryl methyl sites for hydroxylation is 1. The number of hydrogen-bond donors (Lipinski definition) is 2. The van der Waals surface area contributed by atoms with Crippen molar-refractivity contribution in [3.05, 3.63) is 47.7 Å². The highest BCUT2D eigenvalue weighted by molar-refractivity contribution is 5.96. The van der Waals surface area contributed by atoms with Gasteiger partial charge in [0.05, 0.1) is 0 Å². The molecule has 0 aliphatic carbocycles. The maximum atomic E-state index is 13.0. The molecule has 2 aromatic rings. The van der Waals surface area contributed by atoms with E-state index in [9.17, 15) is 9.59 Å². The molecule has 7 heteroatoms. The first kappa shape index (κ1) is 17.5. The van der Waals surface area contributed by atoms with Crippen LogP contribution in [0.15, 0.2) is 36.5 Å². The SMILES string of the molecule is Cc1cc(N)ncc1-c1cccc(C(=O)N2CCN3CCNC(=O)C3C2)c1. The van der Waals surface area contributed by atoms with Gasteiger partial charge in [0.2, 0.25) is 5.91 Å². The van der Waals surface area contributed by atoms with Crippen molar-refractivity contribution >= 4 is 17.6 Å². The molecule has 7 nitrogen and oxygen atoms in total. The van der Waals surface area contributed by atoms with Gasteiger partial charge >= 0.3 is 0 Å². The van der Waals surface area contributed by atoms with E-state index >= 15 is 0 Å². The van der Waals surface area contributed by atoms with E-state index in [0.717, 1.165) is 29.8 Å². The van der Waals surface area contributed by atoms with Crippen LogP contribution in [-0.2, 0) is 4.79 Å². The summed E-state index contributed by atoms with van der Waals surface area (Å²) in [6.45, 7) is 5.29. The summed E-state index contributed by atoms with van der Waals surface area (Å²) in [4.78, 5) is 33.3. The van der Waals surface area contributed by atoms with Gasteiger partial charge in [-0.25, -0.2) is 4.98 Å². The summed E-state index contributed by atoms with van der Waals surface area (Å²) in [5, 5.41) is 2.89. The van der Waals surface area contributed by atoms with E-state index in [1.807, 2.05) is 37.3 Å². The Labute approximate surface area is 158 Å². The van der Waals surface area contributed by atoms with Crippen LogP contribution < -0.4 is 11.1 Å². The summed E-state index contributed by atoms with van der Waals surface area (Å²) in [5.74, 6) is 0.444. The molecular formula is C20H23N5O2. The molecular weight excluding hydrogens is 342 g/mol. The van der Waals surface area contributed by atoms with E-state index in [1.165, 1.54) is 0 Å². The van der Waals surface area contributed by atoms with Crippen LogP contribution in [0.1, 0.15) is 15.9 Å². The van der Waals surface area contributed by atoms with Crippen LogP contribution in [0.3, 0.4) is 0 Å². The molecule has 3 heterocycles. The minimum absolute atomic E-state index is 0.0103. The number of nitrogen functional groups attached to an aromatic ring is 1. The maximum Gasteiger partial charge on any atom is 0.253 e. The summed E-state index contributed by atoms with van der Waals surface area (Å²) in [5.41, 5.74) is 9.25. The van der Waals surface area contributed by atoms with Gasteiger partial charge in [-0.2, -0.15) is 0 Å². The topological polar surface area (TPSA) is 91.6 Å². The van der Waals surface area contributed by atoms with E-state index in [1.54, 1.807) is 11.1 Å². The van der Waals surface area contributed by atoms with Crippen molar-refractivity contribution < 1.29 is 9.59 Å². The Morgan fingerprint density at radius 2 is 2.11 bits per heavy atom. The van der Waals surface area contributed by atoms with E-state index in [-0.39, 0.29) is 17.9 Å². The number of carbonyl (C=O) groups excluding carboxylic acids is 2. The van der Waals surface area contributed by atoms with Gasteiger partial charge in [0, 0.05) is 50.0 Å². The molecule has 2 fully saturated rings. The number of nitrogens with one attached hydrogen (secondary N) is 1. The molecule has 2 aliphatic heterocycles. The fourth-order valence-corrected chi connectivity index (χ4v) is 3.84.